The second-order valence-corrected chi connectivity index (χ2v) is 5.19. The summed E-state index contributed by atoms with van der Waals surface area (Å²) in [5.41, 5.74) is 0. The molecule has 0 amide bonds. The average Bonchev–Trinajstić information content (AvgIpc) is 2.82. The van der Waals surface area contributed by atoms with Crippen molar-refractivity contribution in [3.8, 4) is 0 Å². The molecule has 2 heterocycles. The number of hydrogen-bond donors (Lipinski definition) is 1. The monoisotopic (exact) mass is 241 g/mol. The van der Waals surface area contributed by atoms with Crippen LogP contribution in [0.5, 0.6) is 0 Å². The first kappa shape index (κ1) is 12.0. The molecule has 0 radical (unpaired) electrons. The molecular weight excluding hydrogens is 222 g/mol. The zero-order valence-electron chi connectivity index (χ0n) is 9.63. The van der Waals surface area contributed by atoms with Crippen molar-refractivity contribution in [2.24, 2.45) is 0 Å². The second-order valence-electron chi connectivity index (χ2n) is 4.15. The molecule has 0 aliphatic carbocycles. The van der Waals surface area contributed by atoms with Crippen molar-refractivity contribution in [1.29, 1.82) is 0 Å². The third-order valence-corrected chi connectivity index (χ3v) is 3.94. The van der Waals surface area contributed by atoms with Crippen LogP contribution in [0, 0.1) is 0 Å². The molecule has 1 fully saturated rings. The Hall–Kier alpha value is -0.420. The molecule has 3 nitrogen and oxygen atoms in total. The fourth-order valence-electron chi connectivity index (χ4n) is 2.02. The first-order chi connectivity index (χ1) is 7.79. The van der Waals surface area contributed by atoms with E-state index in [0.717, 1.165) is 26.2 Å². The van der Waals surface area contributed by atoms with Gasteiger partial charge in [0.1, 0.15) is 0 Å². The van der Waals surface area contributed by atoms with Crippen LogP contribution in [0.25, 0.3) is 0 Å². The number of ether oxygens (including phenoxy) is 1. The van der Waals surface area contributed by atoms with Gasteiger partial charge in [-0.25, -0.2) is 0 Å². The molecule has 0 aromatic carbocycles. The van der Waals surface area contributed by atoms with Crippen LogP contribution in [0.1, 0.15) is 11.8 Å². The van der Waals surface area contributed by atoms with Crippen LogP contribution >= 0.6 is 11.3 Å². The maximum atomic E-state index is 10.1. The lowest BCUT2D eigenvalue weighted by molar-refractivity contribution is -0.0865. The molecule has 1 N–H and O–H groups in total. The van der Waals surface area contributed by atoms with E-state index in [9.17, 15) is 5.11 Å². The van der Waals surface area contributed by atoms with Gasteiger partial charge in [0.05, 0.1) is 18.8 Å². The van der Waals surface area contributed by atoms with Gasteiger partial charge < -0.3 is 9.84 Å². The second kappa shape index (κ2) is 5.77. The number of thiophene rings is 1. The third kappa shape index (κ3) is 3.04. The lowest BCUT2D eigenvalue weighted by atomic mass is 10.1. The highest BCUT2D eigenvalue weighted by Gasteiger charge is 2.26. The summed E-state index contributed by atoms with van der Waals surface area (Å²) in [6.45, 7) is 5.75. The summed E-state index contributed by atoms with van der Waals surface area (Å²) in [7, 11) is 0. The predicted octanol–water partition coefficient (Wildman–Crippen LogP) is 1.37. The summed E-state index contributed by atoms with van der Waals surface area (Å²) in [4.78, 5) is 3.55. The zero-order valence-corrected chi connectivity index (χ0v) is 10.4. The van der Waals surface area contributed by atoms with Gasteiger partial charge in [0.25, 0.3) is 0 Å². The van der Waals surface area contributed by atoms with Gasteiger partial charge in [0.15, 0.2) is 0 Å². The SMILES string of the molecule is CCN1CCOC(C(O)Cc2cccs2)C1. The van der Waals surface area contributed by atoms with E-state index in [2.05, 4.69) is 17.9 Å². The van der Waals surface area contributed by atoms with Gasteiger partial charge in [-0.3, -0.25) is 4.90 Å². The highest BCUT2D eigenvalue weighted by atomic mass is 32.1. The van der Waals surface area contributed by atoms with Crippen molar-refractivity contribution >= 4 is 11.3 Å². The lowest BCUT2D eigenvalue weighted by Gasteiger charge is -2.34. The first-order valence-electron chi connectivity index (χ1n) is 5.84. The Morgan fingerprint density at radius 3 is 3.25 bits per heavy atom. The topological polar surface area (TPSA) is 32.7 Å². The standard InChI is InChI=1S/C12H19NO2S/c1-2-13-5-6-15-12(9-13)11(14)8-10-4-3-7-16-10/h3-4,7,11-12,14H,2,5-6,8-9H2,1H3. The number of aliphatic hydroxyl groups is 1. The minimum atomic E-state index is -0.381. The van der Waals surface area contributed by atoms with Crippen LogP contribution in [0.2, 0.25) is 0 Å². The van der Waals surface area contributed by atoms with E-state index in [1.54, 1.807) is 11.3 Å². The van der Waals surface area contributed by atoms with E-state index in [4.69, 9.17) is 4.74 Å². The van der Waals surface area contributed by atoms with Gasteiger partial charge in [0, 0.05) is 24.4 Å². The van der Waals surface area contributed by atoms with E-state index >= 15 is 0 Å². The molecule has 2 unspecified atom stereocenters. The normalized spacial score (nSPS) is 24.5. The predicted molar refractivity (Wildman–Crippen MR) is 65.9 cm³/mol. The van der Waals surface area contributed by atoms with Gasteiger partial charge in [-0.2, -0.15) is 0 Å². The molecule has 0 saturated carbocycles. The Bertz CT molecular complexity index is 302. The molecule has 90 valence electrons. The molecular formula is C12H19NO2S. The molecule has 1 aliphatic rings. The largest absolute Gasteiger partial charge is 0.390 e. The Balaban J connectivity index is 1.86. The molecule has 4 heteroatoms. The minimum Gasteiger partial charge on any atom is -0.390 e. The fourth-order valence-corrected chi connectivity index (χ4v) is 2.77. The number of aliphatic hydroxyl groups excluding tert-OH is 1. The number of likely N-dealkylation sites (N-methyl/N-ethyl adjacent to an activating group) is 1. The molecule has 0 bridgehead atoms. The quantitative estimate of drug-likeness (QED) is 0.864. The molecule has 1 saturated heterocycles. The van der Waals surface area contributed by atoms with Crippen molar-refractivity contribution in [2.75, 3.05) is 26.2 Å². The van der Waals surface area contributed by atoms with Crippen molar-refractivity contribution in [3.63, 3.8) is 0 Å². The molecule has 1 aromatic rings. The molecule has 1 aromatic heterocycles. The molecule has 0 spiro atoms. The number of morpholine rings is 1. The summed E-state index contributed by atoms with van der Waals surface area (Å²) >= 11 is 1.69. The Morgan fingerprint density at radius 2 is 2.56 bits per heavy atom. The fraction of sp³-hybridized carbons (Fsp3) is 0.667. The van der Waals surface area contributed by atoms with Crippen molar-refractivity contribution in [2.45, 2.75) is 25.6 Å². The van der Waals surface area contributed by atoms with Crippen LogP contribution in [0.4, 0.5) is 0 Å². The molecule has 1 aliphatic heterocycles. The number of nitrogens with zero attached hydrogens (tertiary/aromatic N) is 1. The smallest absolute Gasteiger partial charge is 0.0964 e. The van der Waals surface area contributed by atoms with E-state index in [-0.39, 0.29) is 12.2 Å². The van der Waals surface area contributed by atoms with E-state index in [0.29, 0.717) is 6.42 Å². The summed E-state index contributed by atoms with van der Waals surface area (Å²) in [6.07, 6.45) is 0.295. The summed E-state index contributed by atoms with van der Waals surface area (Å²) in [5.74, 6) is 0. The maximum Gasteiger partial charge on any atom is 0.0964 e. The third-order valence-electron chi connectivity index (χ3n) is 3.04. The minimum absolute atomic E-state index is 0.0317. The van der Waals surface area contributed by atoms with Gasteiger partial charge >= 0.3 is 0 Å². The van der Waals surface area contributed by atoms with Crippen molar-refractivity contribution < 1.29 is 9.84 Å². The highest BCUT2D eigenvalue weighted by molar-refractivity contribution is 7.09. The van der Waals surface area contributed by atoms with Crippen molar-refractivity contribution in [1.82, 2.24) is 4.90 Å². The Morgan fingerprint density at radius 1 is 1.69 bits per heavy atom. The number of hydrogen-bond acceptors (Lipinski definition) is 4. The van der Waals surface area contributed by atoms with E-state index in [1.807, 2.05) is 11.4 Å². The Kier molecular flexibility index (Phi) is 4.35. The van der Waals surface area contributed by atoms with Gasteiger partial charge in [-0.1, -0.05) is 13.0 Å². The van der Waals surface area contributed by atoms with Crippen LogP contribution in [-0.2, 0) is 11.2 Å². The first-order valence-corrected chi connectivity index (χ1v) is 6.72. The van der Waals surface area contributed by atoms with Crippen LogP contribution in [-0.4, -0.2) is 48.5 Å². The lowest BCUT2D eigenvalue weighted by Crippen LogP contribution is -2.48. The van der Waals surface area contributed by atoms with Gasteiger partial charge in [-0.15, -0.1) is 11.3 Å². The molecule has 2 rings (SSSR count). The van der Waals surface area contributed by atoms with Crippen LogP contribution in [0.3, 0.4) is 0 Å². The van der Waals surface area contributed by atoms with E-state index in [1.165, 1.54) is 4.88 Å². The average molecular weight is 241 g/mol. The highest BCUT2D eigenvalue weighted by Crippen LogP contribution is 2.16. The maximum absolute atomic E-state index is 10.1. The van der Waals surface area contributed by atoms with Gasteiger partial charge in [-0.05, 0) is 18.0 Å². The van der Waals surface area contributed by atoms with Crippen molar-refractivity contribution in [3.05, 3.63) is 22.4 Å². The molecule has 16 heavy (non-hydrogen) atoms. The summed E-state index contributed by atoms with van der Waals surface area (Å²) in [6, 6.07) is 4.08. The molecule has 2 atom stereocenters. The van der Waals surface area contributed by atoms with Gasteiger partial charge in [0.2, 0.25) is 0 Å². The number of rotatable bonds is 4. The van der Waals surface area contributed by atoms with Crippen LogP contribution in [0.15, 0.2) is 17.5 Å². The van der Waals surface area contributed by atoms with E-state index < -0.39 is 0 Å². The summed E-state index contributed by atoms with van der Waals surface area (Å²) in [5, 5.41) is 12.2. The van der Waals surface area contributed by atoms with Crippen LogP contribution < -0.4 is 0 Å². The Labute approximate surface area is 101 Å². The zero-order chi connectivity index (χ0) is 11.4. The summed E-state index contributed by atoms with van der Waals surface area (Å²) < 4.78 is 5.63.